The van der Waals surface area contributed by atoms with Crippen LogP contribution in [0.4, 0.5) is 0 Å². The summed E-state index contributed by atoms with van der Waals surface area (Å²) < 4.78 is 0. The van der Waals surface area contributed by atoms with Crippen LogP contribution in [0.1, 0.15) is 47.6 Å². The molecule has 2 aromatic carbocycles. The van der Waals surface area contributed by atoms with Crippen LogP contribution in [-0.2, 0) is 17.6 Å². The zero-order valence-electron chi connectivity index (χ0n) is 20.1. The number of likely N-dealkylation sites (tertiary alicyclic amines) is 3. The van der Waals surface area contributed by atoms with Crippen molar-refractivity contribution in [2.24, 2.45) is 5.73 Å². The SMILES string of the molecule is C=C(C(N)CN1C[C@@H]2CC1C(=O)N2C1c2ccccc2CCc2ccccc21)N1CCCC1C#N. The molecule has 6 nitrogen and oxygen atoms in total. The molecule has 6 heteroatoms. The number of nitrogens with two attached hydrogens (primary N) is 1. The van der Waals surface area contributed by atoms with Crippen LogP contribution in [0.3, 0.4) is 0 Å². The van der Waals surface area contributed by atoms with Crippen molar-refractivity contribution in [3.8, 4) is 6.07 Å². The predicted molar refractivity (Wildman–Crippen MR) is 135 cm³/mol. The minimum Gasteiger partial charge on any atom is -0.358 e. The summed E-state index contributed by atoms with van der Waals surface area (Å²) in [6.07, 6.45) is 4.72. The lowest BCUT2D eigenvalue weighted by atomic mass is 9.92. The smallest absolute Gasteiger partial charge is 0.241 e. The topological polar surface area (TPSA) is 76.6 Å². The van der Waals surface area contributed by atoms with Crippen molar-refractivity contribution in [3.63, 3.8) is 0 Å². The van der Waals surface area contributed by atoms with Gasteiger partial charge in [0.25, 0.3) is 0 Å². The third-order valence-electron chi connectivity index (χ3n) is 8.59. The first-order valence-corrected chi connectivity index (χ1v) is 12.9. The van der Waals surface area contributed by atoms with Gasteiger partial charge in [-0.3, -0.25) is 9.69 Å². The number of hydrogen-bond acceptors (Lipinski definition) is 5. The molecule has 6 rings (SSSR count). The van der Waals surface area contributed by atoms with Crippen LogP contribution in [0.2, 0.25) is 0 Å². The number of carbonyl (C=O) groups excluding carboxylic acids is 1. The zero-order valence-corrected chi connectivity index (χ0v) is 20.1. The predicted octanol–water partition coefficient (Wildman–Crippen LogP) is 2.99. The molecule has 0 aromatic heterocycles. The molecule has 0 spiro atoms. The molecule has 3 unspecified atom stereocenters. The molecule has 1 aliphatic carbocycles. The molecule has 2 aromatic rings. The van der Waals surface area contributed by atoms with E-state index in [1.165, 1.54) is 22.3 Å². The number of piperazine rings is 1. The van der Waals surface area contributed by atoms with Crippen LogP contribution in [0.25, 0.3) is 0 Å². The summed E-state index contributed by atoms with van der Waals surface area (Å²) in [6, 6.07) is 19.3. The Hall–Kier alpha value is -3.14. The average Bonchev–Trinajstić information content (AvgIpc) is 3.56. The van der Waals surface area contributed by atoms with Crippen molar-refractivity contribution >= 4 is 5.91 Å². The summed E-state index contributed by atoms with van der Waals surface area (Å²) in [6.45, 7) is 6.51. The molecule has 3 saturated heterocycles. The fraction of sp³-hybridized carbons (Fsp3) is 0.448. The maximum atomic E-state index is 13.9. The van der Waals surface area contributed by atoms with E-state index in [0.717, 1.165) is 50.9 Å². The molecule has 4 atom stereocenters. The Morgan fingerprint density at radius 3 is 2.40 bits per heavy atom. The first-order valence-electron chi connectivity index (χ1n) is 12.9. The first-order chi connectivity index (χ1) is 17.1. The molecule has 3 fully saturated rings. The van der Waals surface area contributed by atoms with Gasteiger partial charge < -0.3 is 15.5 Å². The number of nitriles is 1. The quantitative estimate of drug-likeness (QED) is 0.732. The van der Waals surface area contributed by atoms with Crippen LogP contribution < -0.4 is 5.73 Å². The number of carbonyl (C=O) groups is 1. The van der Waals surface area contributed by atoms with E-state index in [-0.39, 0.29) is 36.1 Å². The van der Waals surface area contributed by atoms with Crippen LogP contribution in [0.5, 0.6) is 0 Å². The van der Waals surface area contributed by atoms with Gasteiger partial charge in [0.05, 0.1) is 24.2 Å². The summed E-state index contributed by atoms with van der Waals surface area (Å²) >= 11 is 0. The Balaban J connectivity index is 1.24. The number of hydrogen-bond donors (Lipinski definition) is 1. The van der Waals surface area contributed by atoms with E-state index >= 15 is 0 Å². The highest BCUT2D eigenvalue weighted by Gasteiger charge is 2.53. The molecule has 0 saturated carbocycles. The van der Waals surface area contributed by atoms with E-state index < -0.39 is 0 Å². The standard InChI is InChI=1S/C29H33N5O/c1-19(33-14-6-9-22(33)16-30)26(31)18-32-17-23-15-27(32)29(35)34(23)28-24-10-4-2-7-20(24)12-13-21-8-3-5-11-25(21)28/h2-5,7-8,10-11,22-23,26-28H,1,6,9,12-15,17-18,31H2/t22?,23-,26?,27?/m0/s1. The Morgan fingerprint density at radius 1 is 1.11 bits per heavy atom. The fourth-order valence-corrected chi connectivity index (χ4v) is 6.84. The first kappa shape index (κ1) is 22.3. The monoisotopic (exact) mass is 467 g/mol. The van der Waals surface area contributed by atoms with Crippen LogP contribution in [-0.4, -0.2) is 64.4 Å². The van der Waals surface area contributed by atoms with Crippen molar-refractivity contribution in [1.29, 1.82) is 5.26 Å². The Labute approximate surface area is 207 Å². The summed E-state index contributed by atoms with van der Waals surface area (Å²) in [7, 11) is 0. The number of rotatable bonds is 5. The lowest BCUT2D eigenvalue weighted by Crippen LogP contribution is -2.55. The van der Waals surface area contributed by atoms with Gasteiger partial charge in [0.1, 0.15) is 6.04 Å². The normalized spacial score (nSPS) is 26.9. The van der Waals surface area contributed by atoms with Crippen LogP contribution in [0, 0.1) is 11.3 Å². The second kappa shape index (κ2) is 8.82. The Bertz CT molecular complexity index is 1150. The fourth-order valence-electron chi connectivity index (χ4n) is 6.84. The molecule has 4 aliphatic rings. The highest BCUT2D eigenvalue weighted by Crippen LogP contribution is 2.44. The minimum atomic E-state index is -0.274. The summed E-state index contributed by atoms with van der Waals surface area (Å²) in [4.78, 5) is 20.4. The van der Waals surface area contributed by atoms with Gasteiger partial charge in [0.2, 0.25) is 5.91 Å². The molecule has 35 heavy (non-hydrogen) atoms. The lowest BCUT2D eigenvalue weighted by Gasteiger charge is -2.41. The zero-order chi connectivity index (χ0) is 24.1. The van der Waals surface area contributed by atoms with E-state index in [2.05, 4.69) is 75.9 Å². The van der Waals surface area contributed by atoms with Gasteiger partial charge >= 0.3 is 0 Å². The maximum Gasteiger partial charge on any atom is 0.241 e. The summed E-state index contributed by atoms with van der Waals surface area (Å²) in [5, 5.41) is 9.45. The number of nitrogens with zero attached hydrogens (tertiary/aromatic N) is 4. The molecular weight excluding hydrogens is 434 g/mol. The minimum absolute atomic E-state index is 0.0285. The van der Waals surface area contributed by atoms with Gasteiger partial charge in [-0.15, -0.1) is 0 Å². The number of fused-ring (bicyclic) bond motifs is 4. The van der Waals surface area contributed by atoms with E-state index in [1.807, 2.05) is 0 Å². The van der Waals surface area contributed by atoms with Crippen molar-refractivity contribution < 1.29 is 4.79 Å². The average molecular weight is 468 g/mol. The lowest BCUT2D eigenvalue weighted by molar-refractivity contribution is -0.138. The third-order valence-corrected chi connectivity index (χ3v) is 8.59. The molecule has 2 N–H and O–H groups in total. The van der Waals surface area contributed by atoms with E-state index in [0.29, 0.717) is 6.54 Å². The largest absolute Gasteiger partial charge is 0.358 e. The number of benzene rings is 2. The summed E-state index contributed by atoms with van der Waals surface area (Å²) in [5.74, 6) is 0.214. The van der Waals surface area contributed by atoms with Gasteiger partial charge in [0, 0.05) is 31.4 Å². The highest BCUT2D eigenvalue weighted by atomic mass is 16.2. The molecule has 2 bridgehead atoms. The van der Waals surface area contributed by atoms with Crippen molar-refractivity contribution in [2.75, 3.05) is 19.6 Å². The second-order valence-electron chi connectivity index (χ2n) is 10.5. The van der Waals surface area contributed by atoms with Crippen LogP contribution >= 0.6 is 0 Å². The summed E-state index contributed by atoms with van der Waals surface area (Å²) in [5.41, 5.74) is 12.6. The highest BCUT2D eigenvalue weighted by molar-refractivity contribution is 5.87. The Morgan fingerprint density at radius 2 is 1.77 bits per heavy atom. The third kappa shape index (κ3) is 3.65. The van der Waals surface area contributed by atoms with Gasteiger partial charge in [-0.25, -0.2) is 0 Å². The second-order valence-corrected chi connectivity index (χ2v) is 10.5. The Kier molecular flexibility index (Phi) is 5.63. The van der Waals surface area contributed by atoms with Crippen molar-refractivity contribution in [1.82, 2.24) is 14.7 Å². The van der Waals surface area contributed by atoms with Gasteiger partial charge in [-0.05, 0) is 54.4 Å². The van der Waals surface area contributed by atoms with E-state index in [1.54, 1.807) is 0 Å². The maximum absolute atomic E-state index is 13.9. The molecule has 0 radical (unpaired) electrons. The molecular formula is C29H33N5O. The van der Waals surface area contributed by atoms with Crippen molar-refractivity contribution in [3.05, 3.63) is 83.1 Å². The molecule has 3 aliphatic heterocycles. The number of amides is 1. The van der Waals surface area contributed by atoms with Gasteiger partial charge in [0.15, 0.2) is 0 Å². The van der Waals surface area contributed by atoms with E-state index in [9.17, 15) is 10.1 Å². The molecule has 3 heterocycles. The molecule has 1 amide bonds. The van der Waals surface area contributed by atoms with Gasteiger partial charge in [-0.2, -0.15) is 5.26 Å². The van der Waals surface area contributed by atoms with E-state index in [4.69, 9.17) is 5.73 Å². The number of aryl methyl sites for hydroxylation is 2. The molecule has 180 valence electrons. The van der Waals surface area contributed by atoms with Crippen molar-refractivity contribution in [2.45, 2.75) is 62.3 Å². The van der Waals surface area contributed by atoms with Crippen LogP contribution in [0.15, 0.2) is 60.8 Å². The van der Waals surface area contributed by atoms with Gasteiger partial charge in [-0.1, -0.05) is 55.1 Å².